The van der Waals surface area contributed by atoms with Gasteiger partial charge in [0.15, 0.2) is 0 Å². The van der Waals surface area contributed by atoms with E-state index in [2.05, 4.69) is 6.07 Å². The van der Waals surface area contributed by atoms with Crippen LogP contribution in [0.1, 0.15) is 21.6 Å². The van der Waals surface area contributed by atoms with Gasteiger partial charge in [-0.1, -0.05) is 12.1 Å². The van der Waals surface area contributed by atoms with Crippen LogP contribution in [0.25, 0.3) is 17.3 Å². The minimum atomic E-state index is -1.00. The number of phenols is 1. The van der Waals surface area contributed by atoms with E-state index in [9.17, 15) is 15.2 Å². The first kappa shape index (κ1) is 16.1. The van der Waals surface area contributed by atoms with Crippen LogP contribution in [0.4, 0.5) is 0 Å². The molecule has 5 nitrogen and oxygen atoms in total. The average molecular weight is 330 g/mol. The number of carboxylic acids is 1. The highest BCUT2D eigenvalue weighted by Crippen LogP contribution is 2.22. The van der Waals surface area contributed by atoms with E-state index in [0.29, 0.717) is 11.1 Å². The number of aromatic carboxylic acids is 1. The second kappa shape index (κ2) is 6.77. The summed E-state index contributed by atoms with van der Waals surface area (Å²) in [6.07, 6.45) is 3.60. The zero-order valence-electron chi connectivity index (χ0n) is 13.1. The smallest absolute Gasteiger partial charge is 0.335 e. The minimum absolute atomic E-state index is 0.175. The largest absolute Gasteiger partial charge is 0.508 e. The number of carbonyl (C=O) groups is 1. The molecule has 0 aliphatic heterocycles. The van der Waals surface area contributed by atoms with E-state index >= 15 is 0 Å². The third-order valence-corrected chi connectivity index (χ3v) is 3.76. The SMILES string of the molecule is N#C/C(=C/c1cccn1-c1ccc(O)cc1)c1ccc(C(=O)O)cc1. The first-order chi connectivity index (χ1) is 12.1. The van der Waals surface area contributed by atoms with Gasteiger partial charge in [0.25, 0.3) is 0 Å². The maximum absolute atomic E-state index is 10.9. The number of nitrogens with zero attached hydrogens (tertiary/aromatic N) is 2. The van der Waals surface area contributed by atoms with E-state index in [-0.39, 0.29) is 11.3 Å². The van der Waals surface area contributed by atoms with Crippen LogP contribution in [0.15, 0.2) is 66.9 Å². The molecular formula is C20H14N2O3. The summed E-state index contributed by atoms with van der Waals surface area (Å²) in [6.45, 7) is 0. The van der Waals surface area contributed by atoms with Crippen molar-refractivity contribution in [3.63, 3.8) is 0 Å². The van der Waals surface area contributed by atoms with Crippen molar-refractivity contribution in [3.8, 4) is 17.5 Å². The summed E-state index contributed by atoms with van der Waals surface area (Å²) in [4.78, 5) is 10.9. The van der Waals surface area contributed by atoms with Crippen LogP contribution in [0.5, 0.6) is 5.75 Å². The van der Waals surface area contributed by atoms with E-state index in [1.54, 1.807) is 42.5 Å². The summed E-state index contributed by atoms with van der Waals surface area (Å²) in [5.74, 6) is -0.820. The number of rotatable bonds is 4. The zero-order chi connectivity index (χ0) is 17.8. The molecule has 3 rings (SSSR count). The van der Waals surface area contributed by atoms with Crippen molar-refractivity contribution in [2.75, 3.05) is 0 Å². The first-order valence-corrected chi connectivity index (χ1v) is 7.51. The average Bonchev–Trinajstić information content (AvgIpc) is 3.08. The number of aromatic hydroxyl groups is 1. The Hall–Kier alpha value is -3.78. The topological polar surface area (TPSA) is 86.3 Å². The van der Waals surface area contributed by atoms with E-state index in [4.69, 9.17) is 5.11 Å². The number of hydrogen-bond acceptors (Lipinski definition) is 3. The number of phenolic OH excluding ortho intramolecular Hbond substituents is 1. The molecule has 0 aliphatic rings. The van der Waals surface area contributed by atoms with Gasteiger partial charge in [-0.2, -0.15) is 5.26 Å². The Morgan fingerprint density at radius 2 is 1.64 bits per heavy atom. The number of benzene rings is 2. The summed E-state index contributed by atoms with van der Waals surface area (Å²) >= 11 is 0. The third-order valence-electron chi connectivity index (χ3n) is 3.76. The first-order valence-electron chi connectivity index (χ1n) is 7.51. The van der Waals surface area contributed by atoms with Gasteiger partial charge >= 0.3 is 5.97 Å². The van der Waals surface area contributed by atoms with E-state index in [1.165, 1.54) is 12.1 Å². The van der Waals surface area contributed by atoms with Crippen molar-refractivity contribution in [1.29, 1.82) is 5.26 Å². The Balaban J connectivity index is 1.99. The number of nitriles is 1. The van der Waals surface area contributed by atoms with Gasteiger partial charge in [0.2, 0.25) is 0 Å². The van der Waals surface area contributed by atoms with Crippen molar-refractivity contribution >= 4 is 17.6 Å². The van der Waals surface area contributed by atoms with Crippen molar-refractivity contribution in [2.24, 2.45) is 0 Å². The van der Waals surface area contributed by atoms with Crippen LogP contribution in [-0.4, -0.2) is 20.7 Å². The molecule has 0 radical (unpaired) electrons. The highest BCUT2D eigenvalue weighted by molar-refractivity contribution is 5.92. The second-order valence-electron chi connectivity index (χ2n) is 5.37. The number of aromatic nitrogens is 1. The maximum atomic E-state index is 10.9. The molecule has 25 heavy (non-hydrogen) atoms. The summed E-state index contributed by atoms with van der Waals surface area (Å²) in [5, 5.41) is 27.8. The van der Waals surface area contributed by atoms with Crippen LogP contribution >= 0.6 is 0 Å². The fraction of sp³-hybridized carbons (Fsp3) is 0. The molecule has 3 aromatic rings. The lowest BCUT2D eigenvalue weighted by atomic mass is 10.0. The summed E-state index contributed by atoms with van der Waals surface area (Å²) in [6, 6.07) is 18.8. The Kier molecular flexibility index (Phi) is 4.36. The minimum Gasteiger partial charge on any atom is -0.508 e. The van der Waals surface area contributed by atoms with Crippen LogP contribution in [0, 0.1) is 11.3 Å². The molecular weight excluding hydrogens is 316 g/mol. The summed E-state index contributed by atoms with van der Waals surface area (Å²) in [7, 11) is 0. The molecule has 0 saturated carbocycles. The normalized spacial score (nSPS) is 11.1. The summed E-state index contributed by atoms with van der Waals surface area (Å²) < 4.78 is 1.89. The quantitative estimate of drug-likeness (QED) is 0.709. The van der Waals surface area contributed by atoms with Crippen molar-refractivity contribution in [3.05, 3.63) is 83.7 Å². The fourth-order valence-corrected chi connectivity index (χ4v) is 2.48. The van der Waals surface area contributed by atoms with Crippen molar-refractivity contribution in [1.82, 2.24) is 4.57 Å². The lowest BCUT2D eigenvalue weighted by Gasteiger charge is -2.07. The van der Waals surface area contributed by atoms with E-state index in [1.807, 2.05) is 22.9 Å². The van der Waals surface area contributed by atoms with Gasteiger partial charge in [-0.05, 0) is 60.2 Å². The highest BCUT2D eigenvalue weighted by Gasteiger charge is 2.07. The molecule has 1 aromatic heterocycles. The molecule has 0 aliphatic carbocycles. The molecule has 2 aromatic carbocycles. The maximum Gasteiger partial charge on any atom is 0.335 e. The highest BCUT2D eigenvalue weighted by atomic mass is 16.4. The van der Waals surface area contributed by atoms with Crippen LogP contribution < -0.4 is 0 Å². The lowest BCUT2D eigenvalue weighted by Crippen LogP contribution is -1.96. The zero-order valence-corrected chi connectivity index (χ0v) is 13.1. The Labute approximate surface area is 144 Å². The third kappa shape index (κ3) is 3.43. The van der Waals surface area contributed by atoms with Crippen molar-refractivity contribution < 1.29 is 15.0 Å². The Bertz CT molecular complexity index is 975. The van der Waals surface area contributed by atoms with Gasteiger partial charge in [-0.3, -0.25) is 0 Å². The molecule has 0 saturated heterocycles. The second-order valence-corrected chi connectivity index (χ2v) is 5.37. The molecule has 1 heterocycles. The molecule has 0 atom stereocenters. The van der Waals surface area contributed by atoms with Gasteiger partial charge in [0.1, 0.15) is 5.75 Å². The van der Waals surface area contributed by atoms with Gasteiger partial charge in [0.05, 0.1) is 17.2 Å². The van der Waals surface area contributed by atoms with Crippen molar-refractivity contribution in [2.45, 2.75) is 0 Å². The van der Waals surface area contributed by atoms with E-state index < -0.39 is 5.97 Å². The predicted molar refractivity (Wildman–Crippen MR) is 94.3 cm³/mol. The van der Waals surface area contributed by atoms with Crippen LogP contribution in [0.3, 0.4) is 0 Å². The Morgan fingerprint density at radius 1 is 1.00 bits per heavy atom. The number of allylic oxidation sites excluding steroid dienone is 1. The van der Waals surface area contributed by atoms with Gasteiger partial charge < -0.3 is 14.8 Å². The molecule has 0 spiro atoms. The Morgan fingerprint density at radius 3 is 2.24 bits per heavy atom. The van der Waals surface area contributed by atoms with Gasteiger partial charge in [-0.25, -0.2) is 4.79 Å². The molecule has 0 bridgehead atoms. The fourth-order valence-electron chi connectivity index (χ4n) is 2.48. The molecule has 5 heteroatoms. The molecule has 2 N–H and O–H groups in total. The molecule has 0 fully saturated rings. The molecule has 122 valence electrons. The predicted octanol–water partition coefficient (Wildman–Crippen LogP) is 3.95. The molecule has 0 unspecified atom stereocenters. The number of carboxylic acid groups (broad SMARTS) is 1. The van der Waals surface area contributed by atoms with Crippen LogP contribution in [0.2, 0.25) is 0 Å². The monoisotopic (exact) mass is 330 g/mol. The number of hydrogen-bond donors (Lipinski definition) is 2. The van der Waals surface area contributed by atoms with Crippen LogP contribution in [-0.2, 0) is 0 Å². The summed E-state index contributed by atoms with van der Waals surface area (Å²) in [5.41, 5.74) is 2.90. The molecule has 0 amide bonds. The van der Waals surface area contributed by atoms with Gasteiger partial charge in [-0.15, -0.1) is 0 Å². The standard InChI is InChI=1S/C20H14N2O3/c21-13-16(14-3-5-15(6-4-14)20(24)25)12-18-2-1-11-22(18)17-7-9-19(23)10-8-17/h1-12,23H,(H,24,25)/b16-12-. The lowest BCUT2D eigenvalue weighted by molar-refractivity contribution is 0.0697. The van der Waals surface area contributed by atoms with E-state index in [0.717, 1.165) is 11.4 Å². The van der Waals surface area contributed by atoms with Gasteiger partial charge in [0, 0.05) is 17.6 Å².